The summed E-state index contributed by atoms with van der Waals surface area (Å²) in [5.74, 6) is 0.617. The SMILES string of the molecule is CC(C)S(=O)(=O)N1CCCC1CCCCl. The lowest BCUT2D eigenvalue weighted by Crippen LogP contribution is -2.39. The third-order valence-corrected chi connectivity index (χ3v) is 5.51. The van der Waals surface area contributed by atoms with Gasteiger partial charge in [0, 0.05) is 18.5 Å². The molecule has 15 heavy (non-hydrogen) atoms. The maximum atomic E-state index is 12.0. The maximum Gasteiger partial charge on any atom is 0.216 e. The first-order chi connectivity index (χ1) is 7.00. The Hall–Kier alpha value is 0.200. The van der Waals surface area contributed by atoms with Gasteiger partial charge in [-0.15, -0.1) is 11.6 Å². The van der Waals surface area contributed by atoms with E-state index < -0.39 is 10.0 Å². The van der Waals surface area contributed by atoms with E-state index in [0.717, 1.165) is 25.7 Å². The molecule has 1 atom stereocenters. The summed E-state index contributed by atoms with van der Waals surface area (Å²) in [5.41, 5.74) is 0. The van der Waals surface area contributed by atoms with Crippen LogP contribution < -0.4 is 0 Å². The minimum absolute atomic E-state index is 0.191. The number of nitrogens with zero attached hydrogens (tertiary/aromatic N) is 1. The normalized spacial score (nSPS) is 23.9. The Kier molecular flexibility index (Phi) is 4.87. The Balaban J connectivity index is 2.68. The number of hydrogen-bond donors (Lipinski definition) is 0. The van der Waals surface area contributed by atoms with Crippen LogP contribution in [0.25, 0.3) is 0 Å². The fraction of sp³-hybridized carbons (Fsp3) is 1.00. The van der Waals surface area contributed by atoms with E-state index in [4.69, 9.17) is 11.6 Å². The summed E-state index contributed by atoms with van der Waals surface area (Å²) in [5, 5.41) is -0.311. The molecule has 3 nitrogen and oxygen atoms in total. The predicted octanol–water partition coefficient (Wildman–Crippen LogP) is 2.21. The molecule has 0 saturated carbocycles. The number of halogens is 1. The van der Waals surface area contributed by atoms with Gasteiger partial charge in [-0.2, -0.15) is 4.31 Å². The van der Waals surface area contributed by atoms with Crippen LogP contribution in [0.1, 0.15) is 39.5 Å². The highest BCUT2D eigenvalue weighted by molar-refractivity contribution is 7.89. The zero-order chi connectivity index (χ0) is 11.5. The van der Waals surface area contributed by atoms with Crippen molar-refractivity contribution in [3.8, 4) is 0 Å². The van der Waals surface area contributed by atoms with Crippen LogP contribution >= 0.6 is 11.6 Å². The van der Waals surface area contributed by atoms with Crippen LogP contribution in [0.5, 0.6) is 0 Å². The van der Waals surface area contributed by atoms with Crippen LogP contribution in [0.4, 0.5) is 0 Å². The van der Waals surface area contributed by atoms with E-state index in [1.807, 2.05) is 0 Å². The smallest absolute Gasteiger partial charge is 0.212 e. The molecular formula is C10H20ClNO2S. The van der Waals surface area contributed by atoms with Crippen molar-refractivity contribution in [1.29, 1.82) is 0 Å². The van der Waals surface area contributed by atoms with Crippen molar-refractivity contribution in [2.45, 2.75) is 50.8 Å². The van der Waals surface area contributed by atoms with E-state index in [-0.39, 0.29) is 11.3 Å². The van der Waals surface area contributed by atoms with Gasteiger partial charge < -0.3 is 0 Å². The minimum atomic E-state index is -3.07. The molecule has 1 aliphatic heterocycles. The molecule has 0 aromatic carbocycles. The van der Waals surface area contributed by atoms with Crippen molar-refractivity contribution in [2.75, 3.05) is 12.4 Å². The topological polar surface area (TPSA) is 37.4 Å². The number of alkyl halides is 1. The van der Waals surface area contributed by atoms with E-state index in [1.165, 1.54) is 0 Å². The summed E-state index contributed by atoms with van der Waals surface area (Å²) < 4.78 is 25.7. The van der Waals surface area contributed by atoms with Crippen LogP contribution in [0.2, 0.25) is 0 Å². The van der Waals surface area contributed by atoms with Gasteiger partial charge in [0.05, 0.1) is 5.25 Å². The molecule has 1 unspecified atom stereocenters. The minimum Gasteiger partial charge on any atom is -0.212 e. The molecule has 1 heterocycles. The second kappa shape index (κ2) is 5.51. The summed E-state index contributed by atoms with van der Waals surface area (Å²) in [4.78, 5) is 0. The van der Waals surface area contributed by atoms with E-state index in [1.54, 1.807) is 18.2 Å². The zero-order valence-electron chi connectivity index (χ0n) is 9.45. The first kappa shape index (κ1) is 13.3. The van der Waals surface area contributed by atoms with Gasteiger partial charge in [0.15, 0.2) is 0 Å². The molecule has 0 aromatic rings. The van der Waals surface area contributed by atoms with Crippen molar-refractivity contribution in [3.05, 3.63) is 0 Å². The summed E-state index contributed by atoms with van der Waals surface area (Å²) in [6.45, 7) is 4.17. The molecule has 1 rings (SSSR count). The average molecular weight is 254 g/mol. The molecular weight excluding hydrogens is 234 g/mol. The summed E-state index contributed by atoms with van der Waals surface area (Å²) >= 11 is 5.64. The maximum absolute atomic E-state index is 12.0. The van der Waals surface area contributed by atoms with Crippen molar-refractivity contribution < 1.29 is 8.42 Å². The van der Waals surface area contributed by atoms with Gasteiger partial charge in [-0.25, -0.2) is 8.42 Å². The summed E-state index contributed by atoms with van der Waals surface area (Å²) in [7, 11) is -3.07. The summed E-state index contributed by atoms with van der Waals surface area (Å²) in [6, 6.07) is 0.191. The first-order valence-electron chi connectivity index (χ1n) is 5.56. The fourth-order valence-electron chi connectivity index (χ4n) is 2.02. The van der Waals surface area contributed by atoms with E-state index >= 15 is 0 Å². The Bertz CT molecular complexity index is 290. The van der Waals surface area contributed by atoms with Crippen LogP contribution in [-0.4, -0.2) is 36.4 Å². The number of rotatable bonds is 5. The Morgan fingerprint density at radius 2 is 2.13 bits per heavy atom. The highest BCUT2D eigenvalue weighted by Gasteiger charge is 2.35. The van der Waals surface area contributed by atoms with Crippen molar-refractivity contribution in [2.24, 2.45) is 0 Å². The van der Waals surface area contributed by atoms with Crippen LogP contribution in [0.3, 0.4) is 0 Å². The lowest BCUT2D eigenvalue weighted by molar-refractivity contribution is 0.365. The van der Waals surface area contributed by atoms with Gasteiger partial charge in [0.2, 0.25) is 10.0 Å². The molecule has 0 N–H and O–H groups in total. The highest BCUT2D eigenvalue weighted by Crippen LogP contribution is 2.26. The van der Waals surface area contributed by atoms with Gasteiger partial charge in [0.25, 0.3) is 0 Å². The first-order valence-corrected chi connectivity index (χ1v) is 7.60. The van der Waals surface area contributed by atoms with Crippen LogP contribution in [-0.2, 0) is 10.0 Å². The molecule has 0 radical (unpaired) electrons. The largest absolute Gasteiger partial charge is 0.216 e. The predicted molar refractivity (Wildman–Crippen MR) is 63.7 cm³/mol. The quantitative estimate of drug-likeness (QED) is 0.705. The van der Waals surface area contributed by atoms with Crippen LogP contribution in [0.15, 0.2) is 0 Å². The van der Waals surface area contributed by atoms with Crippen molar-refractivity contribution in [1.82, 2.24) is 4.31 Å². The lowest BCUT2D eigenvalue weighted by atomic mass is 10.1. The van der Waals surface area contributed by atoms with Gasteiger partial charge in [-0.1, -0.05) is 0 Å². The van der Waals surface area contributed by atoms with Crippen LogP contribution in [0, 0.1) is 0 Å². The fourth-order valence-corrected chi connectivity index (χ4v) is 3.72. The van der Waals surface area contributed by atoms with Gasteiger partial charge >= 0.3 is 0 Å². The molecule has 0 aromatic heterocycles. The molecule has 0 spiro atoms. The zero-order valence-corrected chi connectivity index (χ0v) is 11.0. The second-order valence-corrected chi connectivity index (χ2v) is 7.15. The molecule has 1 aliphatic rings. The molecule has 90 valence electrons. The standard InChI is InChI=1S/C10H20ClNO2S/c1-9(2)15(13,14)12-8-4-6-10(12)5-3-7-11/h9-10H,3-8H2,1-2H3. The monoisotopic (exact) mass is 253 g/mol. The Morgan fingerprint density at radius 1 is 1.47 bits per heavy atom. The lowest BCUT2D eigenvalue weighted by Gasteiger charge is -2.25. The summed E-state index contributed by atoms with van der Waals surface area (Å²) in [6.07, 6.45) is 3.77. The van der Waals surface area contributed by atoms with Gasteiger partial charge in [-0.05, 0) is 39.5 Å². The third-order valence-electron chi connectivity index (χ3n) is 2.92. The van der Waals surface area contributed by atoms with Gasteiger partial charge in [-0.3, -0.25) is 0 Å². The number of hydrogen-bond acceptors (Lipinski definition) is 2. The Labute approximate surface area is 97.8 Å². The highest BCUT2D eigenvalue weighted by atomic mass is 35.5. The second-order valence-electron chi connectivity index (χ2n) is 4.33. The van der Waals surface area contributed by atoms with E-state index in [9.17, 15) is 8.42 Å². The van der Waals surface area contributed by atoms with Crippen molar-refractivity contribution in [3.63, 3.8) is 0 Å². The van der Waals surface area contributed by atoms with Crippen molar-refractivity contribution >= 4 is 21.6 Å². The molecule has 0 bridgehead atoms. The molecule has 0 aliphatic carbocycles. The molecule has 1 fully saturated rings. The van der Waals surface area contributed by atoms with E-state index in [2.05, 4.69) is 0 Å². The average Bonchev–Trinajstić information content (AvgIpc) is 2.62. The van der Waals surface area contributed by atoms with E-state index in [0.29, 0.717) is 12.4 Å². The number of sulfonamides is 1. The van der Waals surface area contributed by atoms with Gasteiger partial charge in [0.1, 0.15) is 0 Å². The third kappa shape index (κ3) is 3.08. The molecule has 5 heteroatoms. The molecule has 1 saturated heterocycles. The molecule has 0 amide bonds. The Morgan fingerprint density at radius 3 is 2.67 bits per heavy atom.